The number of amides is 1. The third-order valence-corrected chi connectivity index (χ3v) is 3.64. The van der Waals surface area contributed by atoms with Crippen LogP contribution in [-0.2, 0) is 6.54 Å². The zero-order valence-electron chi connectivity index (χ0n) is 14.7. The predicted molar refractivity (Wildman–Crippen MR) is 112 cm³/mol. The molecule has 1 heterocycles. The van der Waals surface area contributed by atoms with Crippen LogP contribution >= 0.6 is 24.0 Å². The van der Waals surface area contributed by atoms with Gasteiger partial charge in [0, 0.05) is 25.3 Å². The van der Waals surface area contributed by atoms with Crippen molar-refractivity contribution in [2.24, 2.45) is 4.99 Å². The van der Waals surface area contributed by atoms with Crippen molar-refractivity contribution in [2.75, 3.05) is 12.4 Å². The molecule has 0 fully saturated rings. The van der Waals surface area contributed by atoms with Crippen molar-refractivity contribution in [1.82, 2.24) is 10.6 Å². The Morgan fingerprint density at radius 3 is 2.52 bits per heavy atom. The van der Waals surface area contributed by atoms with E-state index in [1.54, 1.807) is 19.2 Å². The molecule has 0 radical (unpaired) electrons. The maximum Gasteiger partial charge on any atom is 0.291 e. The summed E-state index contributed by atoms with van der Waals surface area (Å²) in [6, 6.07) is 11.3. The summed E-state index contributed by atoms with van der Waals surface area (Å²) in [5.41, 5.74) is 1.82. The number of nitrogens with one attached hydrogen (secondary N) is 3. The largest absolute Gasteiger partial charge is 0.459 e. The van der Waals surface area contributed by atoms with Crippen molar-refractivity contribution < 1.29 is 9.21 Å². The Kier molecular flexibility index (Phi) is 9.04. The molecule has 0 aliphatic carbocycles. The van der Waals surface area contributed by atoms with Gasteiger partial charge in [-0.3, -0.25) is 9.79 Å². The second-order valence-electron chi connectivity index (χ2n) is 5.51. The fourth-order valence-electron chi connectivity index (χ4n) is 2.02. The molecule has 1 atom stereocenters. The highest BCUT2D eigenvalue weighted by molar-refractivity contribution is 14.0. The molecule has 25 heavy (non-hydrogen) atoms. The van der Waals surface area contributed by atoms with E-state index >= 15 is 0 Å². The molecule has 7 heteroatoms. The number of hydrogen-bond donors (Lipinski definition) is 3. The predicted octanol–water partition coefficient (Wildman–Crippen LogP) is 3.61. The van der Waals surface area contributed by atoms with E-state index in [4.69, 9.17) is 4.42 Å². The molecule has 136 valence electrons. The first-order valence-corrected chi connectivity index (χ1v) is 8.03. The molecule has 1 aromatic heterocycles. The van der Waals surface area contributed by atoms with E-state index in [9.17, 15) is 4.79 Å². The summed E-state index contributed by atoms with van der Waals surface area (Å²) in [6.45, 7) is 4.90. The lowest BCUT2D eigenvalue weighted by atomic mass is 10.2. The van der Waals surface area contributed by atoms with Crippen molar-refractivity contribution in [2.45, 2.75) is 32.9 Å². The molecule has 0 aliphatic rings. The first-order valence-electron chi connectivity index (χ1n) is 8.03. The van der Waals surface area contributed by atoms with Crippen LogP contribution in [0.4, 0.5) is 5.69 Å². The second kappa shape index (κ2) is 10.8. The number of carbonyl (C=O) groups excluding carboxylic acids is 1. The molecule has 0 saturated heterocycles. The minimum Gasteiger partial charge on any atom is -0.459 e. The average Bonchev–Trinajstić information content (AvgIpc) is 3.14. The van der Waals surface area contributed by atoms with E-state index in [2.05, 4.69) is 34.8 Å². The van der Waals surface area contributed by atoms with Crippen molar-refractivity contribution in [1.29, 1.82) is 0 Å². The maximum absolute atomic E-state index is 11.9. The molecule has 0 saturated carbocycles. The number of benzene rings is 1. The molecule has 0 bridgehead atoms. The highest BCUT2D eigenvalue weighted by Crippen LogP contribution is 2.11. The Morgan fingerprint density at radius 1 is 1.24 bits per heavy atom. The van der Waals surface area contributed by atoms with Gasteiger partial charge in [0.25, 0.3) is 5.91 Å². The first-order chi connectivity index (χ1) is 11.6. The summed E-state index contributed by atoms with van der Waals surface area (Å²) < 4.78 is 5.07. The fraction of sp³-hybridized carbons (Fsp3) is 0.333. The lowest BCUT2D eigenvalue weighted by Crippen LogP contribution is -2.41. The lowest BCUT2D eigenvalue weighted by molar-refractivity contribution is 0.0996. The highest BCUT2D eigenvalue weighted by Gasteiger charge is 2.08. The van der Waals surface area contributed by atoms with E-state index in [1.807, 2.05) is 24.3 Å². The van der Waals surface area contributed by atoms with Gasteiger partial charge < -0.3 is 20.4 Å². The first kappa shape index (κ1) is 21.0. The van der Waals surface area contributed by atoms with Gasteiger partial charge in [0.2, 0.25) is 0 Å². The molecule has 2 aromatic rings. The summed E-state index contributed by atoms with van der Waals surface area (Å²) in [6.07, 6.45) is 2.51. The average molecular weight is 456 g/mol. The van der Waals surface area contributed by atoms with E-state index < -0.39 is 0 Å². The molecule has 3 N–H and O–H groups in total. The number of nitrogens with zero attached hydrogens (tertiary/aromatic N) is 1. The summed E-state index contributed by atoms with van der Waals surface area (Å²) in [7, 11) is 1.75. The Bertz CT molecular complexity index is 669. The SMILES string of the molecule is CCC(C)NC(=NC)NCc1ccc(NC(=O)c2ccco2)cc1.I. The normalized spacial score (nSPS) is 12.0. The molecule has 1 aromatic carbocycles. The fourth-order valence-corrected chi connectivity index (χ4v) is 2.02. The van der Waals surface area contributed by atoms with Crippen molar-refractivity contribution in [3.05, 3.63) is 54.0 Å². The molecule has 1 amide bonds. The Morgan fingerprint density at radius 2 is 1.96 bits per heavy atom. The maximum atomic E-state index is 11.9. The van der Waals surface area contributed by atoms with Crippen molar-refractivity contribution in [3.63, 3.8) is 0 Å². The number of guanidine groups is 1. The van der Waals surface area contributed by atoms with Gasteiger partial charge in [0.15, 0.2) is 11.7 Å². The van der Waals surface area contributed by atoms with Gasteiger partial charge in [-0.25, -0.2) is 0 Å². The van der Waals surface area contributed by atoms with Gasteiger partial charge in [-0.2, -0.15) is 0 Å². The minimum absolute atomic E-state index is 0. The summed E-state index contributed by atoms with van der Waals surface area (Å²) in [5, 5.41) is 9.37. The summed E-state index contributed by atoms with van der Waals surface area (Å²) >= 11 is 0. The zero-order valence-corrected chi connectivity index (χ0v) is 17.0. The summed E-state index contributed by atoms with van der Waals surface area (Å²) in [5.74, 6) is 0.809. The number of anilines is 1. The number of furan rings is 1. The minimum atomic E-state index is -0.260. The van der Waals surface area contributed by atoms with E-state index in [1.165, 1.54) is 6.26 Å². The smallest absolute Gasteiger partial charge is 0.291 e. The summed E-state index contributed by atoms with van der Waals surface area (Å²) in [4.78, 5) is 16.1. The van der Waals surface area contributed by atoms with Crippen molar-refractivity contribution in [3.8, 4) is 0 Å². The topological polar surface area (TPSA) is 78.7 Å². The van der Waals surface area contributed by atoms with Crippen LogP contribution in [0, 0.1) is 0 Å². The monoisotopic (exact) mass is 456 g/mol. The van der Waals surface area contributed by atoms with Crippen LogP contribution in [0.5, 0.6) is 0 Å². The van der Waals surface area contributed by atoms with Crippen LogP contribution in [0.3, 0.4) is 0 Å². The van der Waals surface area contributed by atoms with Gasteiger partial charge in [0.1, 0.15) is 0 Å². The van der Waals surface area contributed by atoms with Gasteiger partial charge in [-0.1, -0.05) is 19.1 Å². The molecule has 1 unspecified atom stereocenters. The Hall–Kier alpha value is -2.03. The number of aliphatic imine (C=N–C) groups is 1. The van der Waals surface area contributed by atoms with Crippen LogP contribution in [0.1, 0.15) is 36.4 Å². The number of rotatable bonds is 6. The van der Waals surface area contributed by atoms with Gasteiger partial charge in [-0.15, -0.1) is 24.0 Å². The third kappa shape index (κ3) is 6.77. The molecule has 2 rings (SSSR count). The molecule has 0 spiro atoms. The van der Waals surface area contributed by atoms with Crippen molar-refractivity contribution >= 4 is 41.5 Å². The number of halogens is 1. The van der Waals surface area contributed by atoms with E-state index in [0.717, 1.165) is 23.6 Å². The molecular weight excluding hydrogens is 431 g/mol. The highest BCUT2D eigenvalue weighted by atomic mass is 127. The van der Waals surface area contributed by atoms with Crippen LogP contribution in [0.15, 0.2) is 52.1 Å². The van der Waals surface area contributed by atoms with Crippen LogP contribution in [0.2, 0.25) is 0 Å². The lowest BCUT2D eigenvalue weighted by Gasteiger charge is -2.16. The zero-order chi connectivity index (χ0) is 17.4. The molecule has 0 aliphatic heterocycles. The number of carbonyl (C=O) groups is 1. The van der Waals surface area contributed by atoms with Crippen LogP contribution < -0.4 is 16.0 Å². The molecule has 6 nitrogen and oxygen atoms in total. The molecular formula is C18H25IN4O2. The quantitative estimate of drug-likeness (QED) is 0.353. The Labute approximate surface area is 165 Å². The van der Waals surface area contributed by atoms with Crippen LogP contribution in [0.25, 0.3) is 0 Å². The van der Waals surface area contributed by atoms with Gasteiger partial charge in [0.05, 0.1) is 6.26 Å². The van der Waals surface area contributed by atoms with Gasteiger partial charge >= 0.3 is 0 Å². The van der Waals surface area contributed by atoms with E-state index in [0.29, 0.717) is 18.3 Å². The van der Waals surface area contributed by atoms with Crippen LogP contribution in [-0.4, -0.2) is 25.0 Å². The third-order valence-electron chi connectivity index (χ3n) is 3.64. The van der Waals surface area contributed by atoms with Gasteiger partial charge in [-0.05, 0) is 43.2 Å². The Balaban J connectivity index is 0.00000312. The standard InChI is InChI=1S/C18H24N4O2.HI/c1-4-13(2)21-18(19-3)20-12-14-7-9-15(10-8-14)22-17(23)16-6-5-11-24-16;/h5-11,13H,4,12H2,1-3H3,(H,22,23)(H2,19,20,21);1H. The van der Waals surface area contributed by atoms with E-state index in [-0.39, 0.29) is 29.9 Å². The second-order valence-corrected chi connectivity index (χ2v) is 5.51. The number of hydrogen-bond acceptors (Lipinski definition) is 3.